The zero-order valence-electron chi connectivity index (χ0n) is 16.1. The number of carbonyl (C=O) groups is 2. The third-order valence-electron chi connectivity index (χ3n) is 4.45. The molecule has 2 heterocycles. The third-order valence-corrected chi connectivity index (χ3v) is 4.45. The average molecular weight is 358 g/mol. The summed E-state index contributed by atoms with van der Waals surface area (Å²) >= 11 is 0. The lowest BCUT2D eigenvalue weighted by atomic mass is 10.2. The molecular weight excluding hydrogens is 328 g/mol. The number of hydrogen-bond donors (Lipinski definition) is 2. The Labute approximate surface area is 155 Å². The summed E-state index contributed by atoms with van der Waals surface area (Å²) < 4.78 is 1.82. The van der Waals surface area contributed by atoms with Gasteiger partial charge < -0.3 is 10.6 Å². The van der Waals surface area contributed by atoms with Crippen LogP contribution < -0.4 is 10.6 Å². The fourth-order valence-corrected chi connectivity index (χ4v) is 2.99. The molecule has 6 nitrogen and oxygen atoms in total. The van der Waals surface area contributed by atoms with Crippen molar-refractivity contribution in [3.63, 3.8) is 0 Å². The monoisotopic (exact) mass is 358 g/mol. The number of aryl methyl sites for hydroxylation is 2. The summed E-state index contributed by atoms with van der Waals surface area (Å²) in [5.74, 6) is -0.0991. The van der Waals surface area contributed by atoms with E-state index in [0.717, 1.165) is 30.6 Å². The van der Waals surface area contributed by atoms with Gasteiger partial charge >= 0.3 is 0 Å². The lowest BCUT2D eigenvalue weighted by Crippen LogP contribution is -2.29. The van der Waals surface area contributed by atoms with E-state index in [-0.39, 0.29) is 11.8 Å². The number of pyridine rings is 1. The Hall–Kier alpha value is -2.37. The summed E-state index contributed by atoms with van der Waals surface area (Å²) in [6.07, 6.45) is 7.50. The molecule has 0 atom stereocenters. The van der Waals surface area contributed by atoms with Gasteiger partial charge in [-0.2, -0.15) is 0 Å². The van der Waals surface area contributed by atoms with Crippen molar-refractivity contribution in [1.82, 2.24) is 20.0 Å². The van der Waals surface area contributed by atoms with E-state index in [9.17, 15) is 9.59 Å². The van der Waals surface area contributed by atoms with Gasteiger partial charge in [0.1, 0.15) is 11.3 Å². The average Bonchev–Trinajstić information content (AvgIpc) is 2.96. The SMILES string of the molecule is CCCCCCNC(=O)CCCNC(=O)c1c(C)nc2c(C)cccn12. The van der Waals surface area contributed by atoms with Crippen molar-refractivity contribution in [1.29, 1.82) is 0 Å². The maximum Gasteiger partial charge on any atom is 0.270 e. The maximum atomic E-state index is 12.5. The number of fused-ring (bicyclic) bond motifs is 1. The van der Waals surface area contributed by atoms with E-state index in [1.54, 1.807) is 0 Å². The van der Waals surface area contributed by atoms with Crippen LogP contribution in [-0.2, 0) is 4.79 Å². The van der Waals surface area contributed by atoms with Crippen molar-refractivity contribution in [2.75, 3.05) is 13.1 Å². The molecule has 2 aromatic rings. The van der Waals surface area contributed by atoms with Gasteiger partial charge in [0, 0.05) is 25.7 Å². The quantitative estimate of drug-likeness (QED) is 0.641. The van der Waals surface area contributed by atoms with Crippen LogP contribution in [0.5, 0.6) is 0 Å². The highest BCUT2D eigenvalue weighted by atomic mass is 16.2. The summed E-state index contributed by atoms with van der Waals surface area (Å²) in [5.41, 5.74) is 3.11. The molecule has 0 saturated carbocycles. The molecule has 0 bridgehead atoms. The van der Waals surface area contributed by atoms with Gasteiger partial charge in [-0.25, -0.2) is 4.98 Å². The molecule has 0 saturated heterocycles. The number of rotatable bonds is 10. The second-order valence-electron chi connectivity index (χ2n) is 6.70. The van der Waals surface area contributed by atoms with Crippen LogP contribution in [0.1, 0.15) is 67.2 Å². The lowest BCUT2D eigenvalue weighted by Gasteiger charge is -2.07. The van der Waals surface area contributed by atoms with Gasteiger partial charge in [0.25, 0.3) is 5.91 Å². The second kappa shape index (κ2) is 9.94. The predicted octanol–water partition coefficient (Wildman–Crippen LogP) is 3.16. The van der Waals surface area contributed by atoms with Gasteiger partial charge in [-0.3, -0.25) is 14.0 Å². The Balaban J connectivity index is 1.75. The van der Waals surface area contributed by atoms with Crippen LogP contribution >= 0.6 is 0 Å². The predicted molar refractivity (Wildman–Crippen MR) is 103 cm³/mol. The molecule has 0 aliphatic rings. The fraction of sp³-hybridized carbons (Fsp3) is 0.550. The molecule has 0 unspecified atom stereocenters. The van der Waals surface area contributed by atoms with E-state index in [1.165, 1.54) is 12.8 Å². The first-order valence-corrected chi connectivity index (χ1v) is 9.53. The topological polar surface area (TPSA) is 75.5 Å². The van der Waals surface area contributed by atoms with Crippen LogP contribution in [0.25, 0.3) is 5.65 Å². The van der Waals surface area contributed by atoms with Crippen molar-refractivity contribution in [3.05, 3.63) is 35.3 Å². The van der Waals surface area contributed by atoms with E-state index >= 15 is 0 Å². The molecule has 0 aliphatic heterocycles. The molecule has 0 aliphatic carbocycles. The van der Waals surface area contributed by atoms with Crippen LogP contribution in [0, 0.1) is 13.8 Å². The van der Waals surface area contributed by atoms with Crippen molar-refractivity contribution in [2.24, 2.45) is 0 Å². The number of carbonyl (C=O) groups excluding carboxylic acids is 2. The molecule has 2 rings (SSSR count). The number of nitrogens with zero attached hydrogens (tertiary/aromatic N) is 2. The van der Waals surface area contributed by atoms with Crippen molar-refractivity contribution >= 4 is 17.5 Å². The largest absolute Gasteiger partial charge is 0.356 e. The Morgan fingerprint density at radius 1 is 1.08 bits per heavy atom. The first-order valence-electron chi connectivity index (χ1n) is 9.53. The minimum atomic E-state index is -0.152. The Kier molecular flexibility index (Phi) is 7.63. The number of aromatic nitrogens is 2. The first kappa shape index (κ1) is 19.9. The van der Waals surface area contributed by atoms with Crippen LogP contribution in [0.15, 0.2) is 18.3 Å². The molecule has 2 amide bonds. The number of amides is 2. The molecule has 26 heavy (non-hydrogen) atoms. The summed E-state index contributed by atoms with van der Waals surface area (Å²) in [5, 5.41) is 5.83. The van der Waals surface area contributed by atoms with Crippen LogP contribution in [0.3, 0.4) is 0 Å². The van der Waals surface area contributed by atoms with Gasteiger partial charge in [0.15, 0.2) is 0 Å². The minimum Gasteiger partial charge on any atom is -0.356 e. The minimum absolute atomic E-state index is 0.0531. The summed E-state index contributed by atoms with van der Waals surface area (Å²) in [7, 11) is 0. The number of hydrogen-bond acceptors (Lipinski definition) is 3. The van der Waals surface area contributed by atoms with Crippen LogP contribution in [0.4, 0.5) is 0 Å². The molecule has 142 valence electrons. The zero-order chi connectivity index (χ0) is 18.9. The lowest BCUT2D eigenvalue weighted by molar-refractivity contribution is -0.121. The van der Waals surface area contributed by atoms with Crippen LogP contribution in [-0.4, -0.2) is 34.3 Å². The second-order valence-corrected chi connectivity index (χ2v) is 6.70. The zero-order valence-corrected chi connectivity index (χ0v) is 16.1. The standard InChI is InChI=1S/C20H30N4O2/c1-4-5-6-7-12-21-17(25)11-8-13-22-20(26)18-16(3)23-19-15(2)10-9-14-24(18)19/h9-10,14H,4-8,11-13H2,1-3H3,(H,21,25)(H,22,26). The highest BCUT2D eigenvalue weighted by molar-refractivity contribution is 5.94. The first-order chi connectivity index (χ1) is 12.5. The number of unbranched alkanes of at least 4 members (excludes halogenated alkanes) is 3. The molecule has 0 fully saturated rings. The molecule has 0 aromatic carbocycles. The maximum absolute atomic E-state index is 12.5. The van der Waals surface area contributed by atoms with Gasteiger partial charge in [-0.05, 0) is 38.3 Å². The highest BCUT2D eigenvalue weighted by Gasteiger charge is 2.16. The summed E-state index contributed by atoms with van der Waals surface area (Å²) in [6.45, 7) is 7.20. The normalized spacial score (nSPS) is 10.9. The smallest absolute Gasteiger partial charge is 0.270 e. The summed E-state index contributed by atoms with van der Waals surface area (Å²) in [6, 6.07) is 3.88. The van der Waals surface area contributed by atoms with E-state index in [4.69, 9.17) is 0 Å². The summed E-state index contributed by atoms with van der Waals surface area (Å²) in [4.78, 5) is 28.8. The Morgan fingerprint density at radius 2 is 1.85 bits per heavy atom. The molecule has 0 radical (unpaired) electrons. The van der Waals surface area contributed by atoms with Crippen LogP contribution in [0.2, 0.25) is 0 Å². The van der Waals surface area contributed by atoms with Crippen molar-refractivity contribution in [3.8, 4) is 0 Å². The molecular formula is C20H30N4O2. The molecule has 2 aromatic heterocycles. The number of imidazole rings is 1. The van der Waals surface area contributed by atoms with E-state index in [2.05, 4.69) is 22.5 Å². The van der Waals surface area contributed by atoms with Gasteiger partial charge in [0.2, 0.25) is 5.91 Å². The van der Waals surface area contributed by atoms with Crippen molar-refractivity contribution in [2.45, 2.75) is 59.3 Å². The Bertz CT molecular complexity index is 752. The third kappa shape index (κ3) is 5.31. The van der Waals surface area contributed by atoms with Gasteiger partial charge in [0.05, 0.1) is 5.69 Å². The van der Waals surface area contributed by atoms with Gasteiger partial charge in [-0.15, -0.1) is 0 Å². The van der Waals surface area contributed by atoms with E-state index < -0.39 is 0 Å². The molecule has 6 heteroatoms. The fourth-order valence-electron chi connectivity index (χ4n) is 2.99. The highest BCUT2D eigenvalue weighted by Crippen LogP contribution is 2.15. The van der Waals surface area contributed by atoms with E-state index in [0.29, 0.717) is 30.8 Å². The Morgan fingerprint density at radius 3 is 2.62 bits per heavy atom. The van der Waals surface area contributed by atoms with Crippen molar-refractivity contribution < 1.29 is 9.59 Å². The molecule has 0 spiro atoms. The number of nitrogens with one attached hydrogen (secondary N) is 2. The van der Waals surface area contributed by atoms with Gasteiger partial charge in [-0.1, -0.05) is 32.3 Å². The molecule has 2 N–H and O–H groups in total. The van der Waals surface area contributed by atoms with E-state index in [1.807, 2.05) is 36.6 Å².